The van der Waals surface area contributed by atoms with Gasteiger partial charge in [-0.25, -0.2) is 0 Å². The van der Waals surface area contributed by atoms with Crippen LogP contribution in [0.4, 0.5) is 0 Å². The molecular formula is C18H21NO3. The van der Waals surface area contributed by atoms with Gasteiger partial charge in [-0.15, -0.1) is 0 Å². The normalized spacial score (nSPS) is 23.5. The molecule has 22 heavy (non-hydrogen) atoms. The number of aliphatic hydroxyl groups is 1. The molecule has 3 N–H and O–H groups in total. The lowest BCUT2D eigenvalue weighted by atomic mass is 9.88. The van der Waals surface area contributed by atoms with Gasteiger partial charge in [-0.2, -0.15) is 0 Å². The van der Waals surface area contributed by atoms with E-state index in [2.05, 4.69) is 6.07 Å². The van der Waals surface area contributed by atoms with Gasteiger partial charge in [-0.1, -0.05) is 35.9 Å². The summed E-state index contributed by atoms with van der Waals surface area (Å²) in [5, 5.41) is 10.8. The topological polar surface area (TPSA) is 64.7 Å². The summed E-state index contributed by atoms with van der Waals surface area (Å²) in [5.74, 6) is 1.48. The molecule has 0 spiro atoms. The van der Waals surface area contributed by atoms with E-state index < -0.39 is 11.7 Å². The molecular weight excluding hydrogens is 278 g/mol. The number of nitrogens with two attached hydrogens (primary N) is 1. The van der Waals surface area contributed by atoms with Crippen LogP contribution >= 0.6 is 0 Å². The third-order valence-electron chi connectivity index (χ3n) is 4.10. The fraction of sp³-hybridized carbons (Fsp3) is 0.333. The van der Waals surface area contributed by atoms with Crippen molar-refractivity contribution in [3.05, 3.63) is 59.2 Å². The summed E-state index contributed by atoms with van der Waals surface area (Å²) in [6.45, 7) is 4.22. The van der Waals surface area contributed by atoms with Crippen molar-refractivity contribution >= 4 is 0 Å². The van der Waals surface area contributed by atoms with Gasteiger partial charge in [0.05, 0.1) is 0 Å². The first kappa shape index (κ1) is 14.9. The van der Waals surface area contributed by atoms with Gasteiger partial charge < -0.3 is 20.3 Å². The Hall–Kier alpha value is -2.04. The van der Waals surface area contributed by atoms with E-state index in [4.69, 9.17) is 15.2 Å². The Morgan fingerprint density at radius 1 is 1.27 bits per heavy atom. The first-order valence-electron chi connectivity index (χ1n) is 7.41. The van der Waals surface area contributed by atoms with Gasteiger partial charge in [0.15, 0.2) is 11.7 Å². The van der Waals surface area contributed by atoms with Crippen LogP contribution in [0.3, 0.4) is 0 Å². The highest BCUT2D eigenvalue weighted by Gasteiger charge is 2.44. The molecule has 0 saturated heterocycles. The smallest absolute Gasteiger partial charge is 0.160 e. The van der Waals surface area contributed by atoms with Crippen molar-refractivity contribution in [1.29, 1.82) is 0 Å². The van der Waals surface area contributed by atoms with Crippen molar-refractivity contribution in [3.63, 3.8) is 0 Å². The zero-order valence-corrected chi connectivity index (χ0v) is 12.9. The molecule has 0 radical (unpaired) electrons. The highest BCUT2D eigenvalue weighted by molar-refractivity contribution is 5.42. The van der Waals surface area contributed by atoms with Gasteiger partial charge in [0, 0.05) is 12.1 Å². The minimum atomic E-state index is -1.24. The molecule has 3 rings (SSSR count). The molecule has 1 heterocycles. The predicted octanol–water partition coefficient (Wildman–Crippen LogP) is 2.51. The third kappa shape index (κ3) is 2.56. The van der Waals surface area contributed by atoms with Gasteiger partial charge in [0.1, 0.15) is 18.1 Å². The summed E-state index contributed by atoms with van der Waals surface area (Å²) >= 11 is 0. The number of hydrogen-bond donors (Lipinski definition) is 2. The van der Waals surface area contributed by atoms with Crippen molar-refractivity contribution in [2.24, 2.45) is 5.73 Å². The minimum Gasteiger partial charge on any atom is -0.490 e. The Bertz CT molecular complexity index is 686. The standard InChI is InChI=1S/C18H21NO3/c1-12-7-8-15(13(2)9-12)22-17-14-5-3-4-6-16(14)21-11-18(17,20)10-19/h3-9,17,20H,10-11,19H2,1-2H3/t17-,18-/m1/s1. The Balaban J connectivity index is 2.01. The average Bonchev–Trinajstić information content (AvgIpc) is 2.52. The second-order valence-electron chi connectivity index (χ2n) is 5.90. The van der Waals surface area contributed by atoms with Gasteiger partial charge in [-0.05, 0) is 31.5 Å². The van der Waals surface area contributed by atoms with Gasteiger partial charge in [0.25, 0.3) is 0 Å². The summed E-state index contributed by atoms with van der Waals surface area (Å²) in [6, 6.07) is 13.6. The molecule has 0 aliphatic carbocycles. The summed E-state index contributed by atoms with van der Waals surface area (Å²) in [7, 11) is 0. The maximum absolute atomic E-state index is 10.8. The highest BCUT2D eigenvalue weighted by atomic mass is 16.5. The minimum absolute atomic E-state index is 0.0664. The molecule has 2 aromatic rings. The average molecular weight is 299 g/mol. The lowest BCUT2D eigenvalue weighted by Gasteiger charge is -2.40. The van der Waals surface area contributed by atoms with E-state index in [1.807, 2.05) is 50.2 Å². The Kier molecular flexibility index (Phi) is 3.81. The SMILES string of the molecule is Cc1ccc(O[C@@H]2c3ccccc3OC[C@]2(O)CN)c(C)c1. The second kappa shape index (κ2) is 5.63. The molecule has 4 heteroatoms. The molecule has 2 atom stereocenters. The maximum atomic E-state index is 10.8. The van der Waals surface area contributed by atoms with Crippen molar-refractivity contribution < 1.29 is 14.6 Å². The lowest BCUT2D eigenvalue weighted by molar-refractivity contribution is -0.0969. The monoisotopic (exact) mass is 299 g/mol. The van der Waals surface area contributed by atoms with Crippen LogP contribution in [0.5, 0.6) is 11.5 Å². The molecule has 0 unspecified atom stereocenters. The summed E-state index contributed by atoms with van der Waals surface area (Å²) in [5.41, 5.74) is 7.57. The molecule has 4 nitrogen and oxygen atoms in total. The Morgan fingerprint density at radius 2 is 2.05 bits per heavy atom. The van der Waals surface area contributed by atoms with Crippen LogP contribution in [0.1, 0.15) is 22.8 Å². The Morgan fingerprint density at radius 3 is 2.77 bits per heavy atom. The molecule has 0 aromatic heterocycles. The number of benzene rings is 2. The fourth-order valence-electron chi connectivity index (χ4n) is 2.79. The lowest BCUT2D eigenvalue weighted by Crippen LogP contribution is -2.52. The van der Waals surface area contributed by atoms with Crippen LogP contribution in [0.15, 0.2) is 42.5 Å². The molecule has 0 saturated carbocycles. The quantitative estimate of drug-likeness (QED) is 0.914. The van der Waals surface area contributed by atoms with Crippen LogP contribution in [0.25, 0.3) is 0 Å². The number of aryl methyl sites for hydroxylation is 2. The van der Waals surface area contributed by atoms with E-state index in [1.165, 1.54) is 5.56 Å². The van der Waals surface area contributed by atoms with Crippen molar-refractivity contribution in [1.82, 2.24) is 0 Å². The van der Waals surface area contributed by atoms with E-state index in [1.54, 1.807) is 0 Å². The maximum Gasteiger partial charge on any atom is 0.160 e. The first-order valence-corrected chi connectivity index (χ1v) is 7.41. The predicted molar refractivity (Wildman–Crippen MR) is 85.2 cm³/mol. The number of fused-ring (bicyclic) bond motifs is 1. The Labute approximate surface area is 130 Å². The van der Waals surface area contributed by atoms with Crippen LogP contribution in [0, 0.1) is 13.8 Å². The molecule has 1 aliphatic rings. The number of ether oxygens (including phenoxy) is 2. The van der Waals surface area contributed by atoms with Crippen LogP contribution in [-0.2, 0) is 0 Å². The van der Waals surface area contributed by atoms with Gasteiger partial charge >= 0.3 is 0 Å². The second-order valence-corrected chi connectivity index (χ2v) is 5.90. The molecule has 0 amide bonds. The van der Waals surface area contributed by atoms with Crippen molar-refractivity contribution in [2.75, 3.05) is 13.2 Å². The van der Waals surface area contributed by atoms with Crippen LogP contribution in [0.2, 0.25) is 0 Å². The van der Waals surface area contributed by atoms with E-state index in [0.29, 0.717) is 0 Å². The first-order chi connectivity index (χ1) is 10.5. The number of para-hydroxylation sites is 1. The van der Waals surface area contributed by atoms with E-state index in [9.17, 15) is 5.11 Å². The largest absolute Gasteiger partial charge is 0.490 e. The van der Waals surface area contributed by atoms with Crippen molar-refractivity contribution in [2.45, 2.75) is 25.6 Å². The highest BCUT2D eigenvalue weighted by Crippen LogP contribution is 2.40. The molecule has 116 valence electrons. The van der Waals surface area contributed by atoms with E-state index in [-0.39, 0.29) is 13.2 Å². The van der Waals surface area contributed by atoms with E-state index in [0.717, 1.165) is 22.6 Å². The van der Waals surface area contributed by atoms with E-state index >= 15 is 0 Å². The number of rotatable bonds is 3. The molecule has 1 aliphatic heterocycles. The third-order valence-corrected chi connectivity index (χ3v) is 4.10. The van der Waals surface area contributed by atoms with Crippen molar-refractivity contribution in [3.8, 4) is 11.5 Å². The van der Waals surface area contributed by atoms with Crippen LogP contribution < -0.4 is 15.2 Å². The molecule has 2 aromatic carbocycles. The zero-order valence-electron chi connectivity index (χ0n) is 12.9. The fourth-order valence-corrected chi connectivity index (χ4v) is 2.79. The van der Waals surface area contributed by atoms with Gasteiger partial charge in [-0.3, -0.25) is 0 Å². The zero-order chi connectivity index (χ0) is 15.7. The van der Waals surface area contributed by atoms with Gasteiger partial charge in [0.2, 0.25) is 0 Å². The number of hydrogen-bond acceptors (Lipinski definition) is 4. The summed E-state index contributed by atoms with van der Waals surface area (Å²) < 4.78 is 11.8. The summed E-state index contributed by atoms with van der Waals surface area (Å²) in [6.07, 6.45) is -0.552. The molecule has 0 bridgehead atoms. The molecule has 0 fully saturated rings. The van der Waals surface area contributed by atoms with Crippen LogP contribution in [-0.4, -0.2) is 23.9 Å². The summed E-state index contributed by atoms with van der Waals surface area (Å²) in [4.78, 5) is 0.